The fourth-order valence-electron chi connectivity index (χ4n) is 0.492. The van der Waals surface area contributed by atoms with Gasteiger partial charge in [0.25, 0.3) is 0 Å². The third-order valence-electron chi connectivity index (χ3n) is 0.910. The van der Waals surface area contributed by atoms with Crippen molar-refractivity contribution in [2.75, 3.05) is 7.11 Å². The third kappa shape index (κ3) is 2.75. The van der Waals surface area contributed by atoms with Crippen LogP contribution in [0, 0.1) is 0 Å². The Labute approximate surface area is 56.3 Å². The molecule has 0 heterocycles. The fourth-order valence-corrected chi connectivity index (χ4v) is 0.492. The number of hydrogen-bond acceptors (Lipinski definition) is 1. The summed E-state index contributed by atoms with van der Waals surface area (Å²) in [5.41, 5.74) is 0.914. The second-order valence-electron chi connectivity index (χ2n) is 1.75. The summed E-state index contributed by atoms with van der Waals surface area (Å²) in [6.45, 7) is 9.12. The van der Waals surface area contributed by atoms with Gasteiger partial charge in [0, 0.05) is 0 Å². The average molecular weight is 124 g/mol. The Balaban J connectivity index is 4.14. The van der Waals surface area contributed by atoms with Crippen molar-refractivity contribution in [1.82, 2.24) is 0 Å². The molecular formula is C8H12O. The Bertz CT molecular complexity index is 143. The van der Waals surface area contributed by atoms with Crippen LogP contribution in [-0.4, -0.2) is 7.11 Å². The zero-order valence-corrected chi connectivity index (χ0v) is 5.98. The van der Waals surface area contributed by atoms with Gasteiger partial charge in [-0.25, -0.2) is 0 Å². The van der Waals surface area contributed by atoms with Crippen molar-refractivity contribution >= 4 is 0 Å². The smallest absolute Gasteiger partial charge is 0.121 e. The second kappa shape index (κ2) is 3.96. The van der Waals surface area contributed by atoms with E-state index in [4.69, 9.17) is 4.74 Å². The maximum Gasteiger partial charge on any atom is 0.121 e. The molecule has 0 aromatic heterocycles. The van der Waals surface area contributed by atoms with E-state index in [-0.39, 0.29) is 0 Å². The molecule has 0 aromatic carbocycles. The molecular weight excluding hydrogens is 112 g/mol. The highest BCUT2D eigenvalue weighted by Gasteiger charge is 1.91. The van der Waals surface area contributed by atoms with E-state index in [1.165, 1.54) is 0 Å². The molecule has 0 atom stereocenters. The molecule has 0 amide bonds. The minimum atomic E-state index is 0.782. The molecule has 50 valence electrons. The highest BCUT2D eigenvalue weighted by Crippen LogP contribution is 2.05. The first-order chi connectivity index (χ1) is 4.22. The largest absolute Gasteiger partial charge is 0.497 e. The van der Waals surface area contributed by atoms with Gasteiger partial charge >= 0.3 is 0 Å². The van der Waals surface area contributed by atoms with E-state index in [1.54, 1.807) is 19.3 Å². The summed E-state index contributed by atoms with van der Waals surface area (Å²) in [5, 5.41) is 0. The van der Waals surface area contributed by atoms with Crippen molar-refractivity contribution in [3.8, 4) is 0 Å². The molecule has 1 nitrogen and oxygen atoms in total. The maximum absolute atomic E-state index is 4.94. The summed E-state index contributed by atoms with van der Waals surface area (Å²) >= 11 is 0. The molecule has 0 unspecified atom stereocenters. The van der Waals surface area contributed by atoms with E-state index in [0.29, 0.717) is 0 Å². The van der Waals surface area contributed by atoms with E-state index in [2.05, 4.69) is 13.2 Å². The Hall–Kier alpha value is -0.980. The minimum absolute atomic E-state index is 0.782. The summed E-state index contributed by atoms with van der Waals surface area (Å²) in [4.78, 5) is 0. The summed E-state index contributed by atoms with van der Waals surface area (Å²) < 4.78 is 4.94. The zero-order valence-electron chi connectivity index (χ0n) is 5.98. The quantitative estimate of drug-likeness (QED) is 0.414. The van der Waals surface area contributed by atoms with Gasteiger partial charge in [-0.1, -0.05) is 19.2 Å². The number of hydrogen-bond donors (Lipinski definition) is 0. The summed E-state index contributed by atoms with van der Waals surface area (Å²) in [6.07, 6.45) is 3.45. The molecule has 0 N–H and O–H groups in total. The lowest BCUT2D eigenvalue weighted by Crippen LogP contribution is -1.85. The lowest BCUT2D eigenvalue weighted by atomic mass is 10.3. The van der Waals surface area contributed by atoms with Gasteiger partial charge in [-0.05, 0) is 18.6 Å². The molecule has 0 spiro atoms. The minimum Gasteiger partial charge on any atom is -0.497 e. The highest BCUT2D eigenvalue weighted by molar-refractivity contribution is 5.23. The highest BCUT2D eigenvalue weighted by atomic mass is 16.5. The van der Waals surface area contributed by atoms with E-state index in [9.17, 15) is 0 Å². The molecule has 0 aliphatic heterocycles. The van der Waals surface area contributed by atoms with Crippen molar-refractivity contribution in [2.24, 2.45) is 0 Å². The van der Waals surface area contributed by atoms with Gasteiger partial charge in [0.15, 0.2) is 0 Å². The van der Waals surface area contributed by atoms with Crippen molar-refractivity contribution in [1.29, 1.82) is 0 Å². The standard InChI is InChI=1S/C8H12O/c1-5-6-8(9-4)7(2)3/h5-6H,1-2H2,3-4H3/b8-6+. The summed E-state index contributed by atoms with van der Waals surface area (Å²) in [5.74, 6) is 0.782. The van der Waals surface area contributed by atoms with Gasteiger partial charge in [0.05, 0.1) is 7.11 Å². The van der Waals surface area contributed by atoms with Crippen LogP contribution in [0.3, 0.4) is 0 Å². The van der Waals surface area contributed by atoms with E-state index in [1.807, 2.05) is 6.92 Å². The Morgan fingerprint density at radius 2 is 2.11 bits per heavy atom. The van der Waals surface area contributed by atoms with Crippen LogP contribution in [0.2, 0.25) is 0 Å². The predicted octanol–water partition coefficient (Wildman–Crippen LogP) is 2.28. The van der Waals surface area contributed by atoms with Gasteiger partial charge in [-0.2, -0.15) is 0 Å². The topological polar surface area (TPSA) is 9.23 Å². The first-order valence-corrected chi connectivity index (χ1v) is 2.75. The molecule has 0 aliphatic rings. The molecule has 0 aliphatic carbocycles. The predicted molar refractivity (Wildman–Crippen MR) is 40.1 cm³/mol. The zero-order chi connectivity index (χ0) is 7.28. The molecule has 0 aromatic rings. The van der Waals surface area contributed by atoms with Gasteiger partial charge in [-0.3, -0.25) is 0 Å². The van der Waals surface area contributed by atoms with Crippen molar-refractivity contribution in [3.05, 3.63) is 36.6 Å². The van der Waals surface area contributed by atoms with Gasteiger partial charge < -0.3 is 4.74 Å². The number of ether oxygens (including phenoxy) is 1. The molecule has 0 saturated heterocycles. The van der Waals surface area contributed by atoms with Gasteiger partial charge in [0.2, 0.25) is 0 Å². The molecule has 0 bridgehead atoms. The van der Waals surface area contributed by atoms with Crippen molar-refractivity contribution < 1.29 is 4.74 Å². The number of methoxy groups -OCH3 is 1. The molecule has 1 heteroatoms. The van der Waals surface area contributed by atoms with Crippen LogP contribution >= 0.6 is 0 Å². The Morgan fingerprint density at radius 1 is 1.56 bits per heavy atom. The maximum atomic E-state index is 4.94. The first-order valence-electron chi connectivity index (χ1n) is 2.75. The van der Waals surface area contributed by atoms with Crippen molar-refractivity contribution in [3.63, 3.8) is 0 Å². The second-order valence-corrected chi connectivity index (χ2v) is 1.75. The monoisotopic (exact) mass is 124 g/mol. The molecule has 9 heavy (non-hydrogen) atoms. The Kier molecular flexibility index (Phi) is 3.52. The molecule has 0 rings (SSSR count). The van der Waals surface area contributed by atoms with Gasteiger partial charge in [0.1, 0.15) is 5.76 Å². The van der Waals surface area contributed by atoms with Crippen LogP contribution in [0.4, 0.5) is 0 Å². The van der Waals surface area contributed by atoms with Crippen LogP contribution in [0.1, 0.15) is 6.92 Å². The molecule has 0 fully saturated rings. The van der Waals surface area contributed by atoms with E-state index >= 15 is 0 Å². The lowest BCUT2D eigenvalue weighted by molar-refractivity contribution is 0.301. The lowest BCUT2D eigenvalue weighted by Gasteiger charge is -2.01. The van der Waals surface area contributed by atoms with Crippen LogP contribution in [0.25, 0.3) is 0 Å². The number of allylic oxidation sites excluding steroid dienone is 3. The van der Waals surface area contributed by atoms with Crippen LogP contribution in [0.15, 0.2) is 36.6 Å². The van der Waals surface area contributed by atoms with Crippen LogP contribution in [-0.2, 0) is 4.74 Å². The summed E-state index contributed by atoms with van der Waals surface area (Å²) in [7, 11) is 1.62. The summed E-state index contributed by atoms with van der Waals surface area (Å²) in [6, 6.07) is 0. The fraction of sp³-hybridized carbons (Fsp3) is 0.250. The molecule has 0 saturated carbocycles. The Morgan fingerprint density at radius 3 is 2.22 bits per heavy atom. The van der Waals surface area contributed by atoms with Gasteiger partial charge in [-0.15, -0.1) is 0 Å². The van der Waals surface area contributed by atoms with Crippen LogP contribution in [0.5, 0.6) is 0 Å². The SMILES string of the molecule is C=C/C=C(/OC)C(=C)C. The number of rotatable bonds is 3. The third-order valence-corrected chi connectivity index (χ3v) is 0.910. The normalized spacial score (nSPS) is 10.7. The van der Waals surface area contributed by atoms with Crippen LogP contribution < -0.4 is 0 Å². The van der Waals surface area contributed by atoms with E-state index < -0.39 is 0 Å². The molecule has 0 radical (unpaired) electrons. The average Bonchev–Trinajstić information content (AvgIpc) is 1.82. The van der Waals surface area contributed by atoms with E-state index in [0.717, 1.165) is 11.3 Å². The first kappa shape index (κ1) is 8.02. The van der Waals surface area contributed by atoms with Crippen molar-refractivity contribution in [2.45, 2.75) is 6.92 Å².